The van der Waals surface area contributed by atoms with E-state index in [1.807, 2.05) is 24.3 Å². The maximum absolute atomic E-state index is 12.5. The molecule has 4 heteroatoms. The van der Waals surface area contributed by atoms with Crippen LogP contribution in [0, 0.1) is 8.99 Å². The van der Waals surface area contributed by atoms with Gasteiger partial charge in [-0.2, -0.15) is 0 Å². The second kappa shape index (κ2) is 6.14. The maximum Gasteiger partial charge on any atom is 0.270 e. The molecule has 0 unspecified atom stereocenters. The van der Waals surface area contributed by atoms with Crippen molar-refractivity contribution in [2.45, 2.75) is 46.6 Å². The van der Waals surface area contributed by atoms with Gasteiger partial charge < -0.3 is 5.32 Å². The molecule has 0 aliphatic rings. The van der Waals surface area contributed by atoms with Gasteiger partial charge >= 0.3 is 0 Å². The van der Waals surface area contributed by atoms with Crippen LogP contribution in [0.15, 0.2) is 30.5 Å². The van der Waals surface area contributed by atoms with Crippen LogP contribution in [-0.2, 0) is 0 Å². The number of aromatic nitrogens is 1. The van der Waals surface area contributed by atoms with E-state index in [-0.39, 0.29) is 16.9 Å². The van der Waals surface area contributed by atoms with Gasteiger partial charge in [-0.3, -0.25) is 9.78 Å². The first-order chi connectivity index (χ1) is 10.1. The largest absolute Gasteiger partial charge is 0.346 e. The van der Waals surface area contributed by atoms with Crippen LogP contribution >= 0.6 is 22.6 Å². The fraction of sp³-hybridized carbons (Fsp3) is 0.444. The molecule has 2 aromatic rings. The van der Waals surface area contributed by atoms with Crippen molar-refractivity contribution in [3.05, 3.63) is 39.7 Å². The summed E-state index contributed by atoms with van der Waals surface area (Å²) in [5.41, 5.74) is 0.359. The fourth-order valence-electron chi connectivity index (χ4n) is 3.00. The summed E-state index contributed by atoms with van der Waals surface area (Å²) in [6, 6.07) is 7.91. The van der Waals surface area contributed by atoms with Crippen molar-refractivity contribution in [1.82, 2.24) is 10.3 Å². The molecule has 0 saturated carbocycles. The minimum atomic E-state index is -0.267. The highest BCUT2D eigenvalue weighted by molar-refractivity contribution is 14.1. The molecular formula is C18H23IN2O. The van der Waals surface area contributed by atoms with Crippen molar-refractivity contribution >= 4 is 39.3 Å². The normalized spacial score (nSPS) is 12.5. The molecule has 0 aliphatic carbocycles. The predicted octanol–water partition coefficient (Wildman–Crippen LogP) is 4.78. The van der Waals surface area contributed by atoms with Crippen LogP contribution in [0.25, 0.3) is 10.8 Å². The molecule has 22 heavy (non-hydrogen) atoms. The Morgan fingerprint density at radius 2 is 1.91 bits per heavy atom. The lowest BCUT2D eigenvalue weighted by Crippen LogP contribution is -2.46. The second-order valence-electron chi connectivity index (χ2n) is 7.61. The van der Waals surface area contributed by atoms with Crippen molar-refractivity contribution in [3.8, 4) is 0 Å². The summed E-state index contributed by atoms with van der Waals surface area (Å²) in [6.07, 6.45) is 2.68. The average Bonchev–Trinajstić information content (AvgIpc) is 2.35. The first-order valence-corrected chi connectivity index (χ1v) is 8.52. The molecule has 3 nitrogen and oxygen atoms in total. The molecular weight excluding hydrogens is 387 g/mol. The van der Waals surface area contributed by atoms with Gasteiger partial charge in [0.1, 0.15) is 5.69 Å². The molecule has 1 heterocycles. The second-order valence-corrected chi connectivity index (χ2v) is 8.77. The molecule has 1 N–H and O–H groups in total. The van der Waals surface area contributed by atoms with Gasteiger partial charge in [0.15, 0.2) is 0 Å². The number of halogens is 1. The van der Waals surface area contributed by atoms with Crippen molar-refractivity contribution in [3.63, 3.8) is 0 Å². The number of amides is 1. The van der Waals surface area contributed by atoms with Crippen LogP contribution in [-0.4, -0.2) is 16.4 Å². The Morgan fingerprint density at radius 1 is 1.23 bits per heavy atom. The summed E-state index contributed by atoms with van der Waals surface area (Å²) in [6.45, 7) is 10.6. The first kappa shape index (κ1) is 17.2. The van der Waals surface area contributed by atoms with E-state index in [4.69, 9.17) is 0 Å². The summed E-state index contributed by atoms with van der Waals surface area (Å²) < 4.78 is 1.14. The van der Waals surface area contributed by atoms with Crippen molar-refractivity contribution in [2.75, 3.05) is 0 Å². The topological polar surface area (TPSA) is 42.0 Å². The molecule has 0 fully saturated rings. The van der Waals surface area contributed by atoms with Crippen molar-refractivity contribution < 1.29 is 4.79 Å². The number of hydrogen-bond donors (Lipinski definition) is 1. The number of carbonyl (C=O) groups is 1. The van der Waals surface area contributed by atoms with Crippen LogP contribution in [0.5, 0.6) is 0 Å². The fourth-order valence-corrected chi connectivity index (χ4v) is 3.66. The number of benzene rings is 1. The molecule has 0 saturated heterocycles. The summed E-state index contributed by atoms with van der Waals surface area (Å²) >= 11 is 2.28. The standard InChI is InChI=1S/C18H23IN2O/c1-17(2,3)11-18(4,5)21-16(22)15-9-12-7-6-8-14(19)13(12)10-20-15/h6-10H,11H2,1-5H3,(H,21,22). The van der Waals surface area contributed by atoms with Gasteiger partial charge in [-0.15, -0.1) is 0 Å². The zero-order chi connectivity index (χ0) is 16.5. The number of fused-ring (bicyclic) bond motifs is 1. The Hall–Kier alpha value is -1.17. The third-order valence-corrected chi connectivity index (χ3v) is 4.31. The monoisotopic (exact) mass is 410 g/mol. The highest BCUT2D eigenvalue weighted by Crippen LogP contribution is 2.27. The lowest BCUT2D eigenvalue weighted by molar-refractivity contribution is 0.0886. The third-order valence-electron chi connectivity index (χ3n) is 3.37. The minimum Gasteiger partial charge on any atom is -0.346 e. The molecule has 118 valence electrons. The average molecular weight is 410 g/mol. The summed E-state index contributed by atoms with van der Waals surface area (Å²) in [4.78, 5) is 16.8. The van der Waals surface area contributed by atoms with E-state index in [1.54, 1.807) is 6.20 Å². The molecule has 0 atom stereocenters. The van der Waals surface area contributed by atoms with Gasteiger partial charge in [-0.05, 0) is 65.8 Å². The van der Waals surface area contributed by atoms with Crippen molar-refractivity contribution in [1.29, 1.82) is 0 Å². The number of hydrogen-bond acceptors (Lipinski definition) is 2. The Kier molecular flexibility index (Phi) is 4.80. The molecule has 2 rings (SSSR count). The maximum atomic E-state index is 12.5. The zero-order valence-electron chi connectivity index (χ0n) is 13.8. The van der Waals surface area contributed by atoms with Gasteiger partial charge in [-0.1, -0.05) is 32.9 Å². The van der Waals surface area contributed by atoms with E-state index in [9.17, 15) is 4.79 Å². The molecule has 0 bridgehead atoms. The molecule has 1 aromatic carbocycles. The smallest absolute Gasteiger partial charge is 0.270 e. The van der Waals surface area contributed by atoms with Crippen LogP contribution < -0.4 is 5.32 Å². The quantitative estimate of drug-likeness (QED) is 0.740. The first-order valence-electron chi connectivity index (χ1n) is 7.44. The minimum absolute atomic E-state index is 0.116. The lowest BCUT2D eigenvalue weighted by Gasteiger charge is -2.33. The summed E-state index contributed by atoms with van der Waals surface area (Å²) in [5.74, 6) is -0.116. The Bertz CT molecular complexity index is 702. The van der Waals surface area contributed by atoms with Crippen LogP contribution in [0.2, 0.25) is 0 Å². The third kappa shape index (κ3) is 4.41. The van der Waals surface area contributed by atoms with Gasteiger partial charge in [0.2, 0.25) is 0 Å². The Morgan fingerprint density at radius 3 is 2.55 bits per heavy atom. The number of carbonyl (C=O) groups excluding carboxylic acids is 1. The SMILES string of the molecule is CC(C)(C)CC(C)(C)NC(=O)c1cc2cccc(I)c2cn1. The van der Waals surface area contributed by atoms with E-state index in [2.05, 4.69) is 67.5 Å². The Labute approximate surface area is 146 Å². The van der Waals surface area contributed by atoms with E-state index < -0.39 is 0 Å². The van der Waals surface area contributed by atoms with Crippen LogP contribution in [0.3, 0.4) is 0 Å². The predicted molar refractivity (Wildman–Crippen MR) is 100 cm³/mol. The highest BCUT2D eigenvalue weighted by atomic mass is 127. The summed E-state index contributed by atoms with van der Waals surface area (Å²) in [7, 11) is 0. The zero-order valence-corrected chi connectivity index (χ0v) is 16.0. The van der Waals surface area contributed by atoms with Gasteiger partial charge in [0, 0.05) is 20.7 Å². The van der Waals surface area contributed by atoms with Crippen LogP contribution in [0.1, 0.15) is 51.5 Å². The molecule has 0 radical (unpaired) electrons. The van der Waals surface area contributed by atoms with E-state index in [0.717, 1.165) is 20.8 Å². The number of nitrogens with one attached hydrogen (secondary N) is 1. The van der Waals surface area contributed by atoms with E-state index in [0.29, 0.717) is 5.69 Å². The molecule has 1 amide bonds. The van der Waals surface area contributed by atoms with Crippen molar-refractivity contribution in [2.24, 2.45) is 5.41 Å². The number of nitrogens with zero attached hydrogens (tertiary/aromatic N) is 1. The Balaban J connectivity index is 2.23. The van der Waals surface area contributed by atoms with E-state index >= 15 is 0 Å². The summed E-state index contributed by atoms with van der Waals surface area (Å²) in [5, 5.41) is 5.22. The van der Waals surface area contributed by atoms with Crippen LogP contribution in [0.4, 0.5) is 0 Å². The molecule has 0 spiro atoms. The highest BCUT2D eigenvalue weighted by Gasteiger charge is 2.27. The number of pyridine rings is 1. The van der Waals surface area contributed by atoms with Gasteiger partial charge in [-0.25, -0.2) is 0 Å². The lowest BCUT2D eigenvalue weighted by atomic mass is 9.82. The molecule has 0 aliphatic heterocycles. The van der Waals surface area contributed by atoms with E-state index in [1.165, 1.54) is 0 Å². The number of rotatable bonds is 3. The van der Waals surface area contributed by atoms with Gasteiger partial charge in [0.25, 0.3) is 5.91 Å². The molecule has 1 aromatic heterocycles. The van der Waals surface area contributed by atoms with Gasteiger partial charge in [0.05, 0.1) is 0 Å².